The molecule has 0 saturated heterocycles. The summed E-state index contributed by atoms with van der Waals surface area (Å²) in [6, 6.07) is 3.99. The van der Waals surface area contributed by atoms with Crippen molar-refractivity contribution < 1.29 is 52.6 Å². The topological polar surface area (TPSA) is 314 Å². The number of rotatable bonds is 31. The Bertz CT molecular complexity index is 2420. The summed E-state index contributed by atoms with van der Waals surface area (Å²) in [6.45, 7) is 15.8. The number of para-hydroxylation sites is 1. The van der Waals surface area contributed by atoms with E-state index in [0.717, 1.165) is 16.5 Å². The van der Waals surface area contributed by atoms with Gasteiger partial charge in [0.1, 0.15) is 48.6 Å². The van der Waals surface area contributed by atoms with Crippen molar-refractivity contribution in [2.75, 3.05) is 55.1 Å². The average Bonchev–Trinajstić information content (AvgIpc) is 3.77. The number of ether oxygens (including phenoxy) is 3. The number of esters is 1. The number of hydrogen-bond acceptors (Lipinski definition) is 14. The van der Waals surface area contributed by atoms with Crippen LogP contribution >= 0.6 is 0 Å². The summed E-state index contributed by atoms with van der Waals surface area (Å²) in [4.78, 5) is 114. The van der Waals surface area contributed by atoms with Gasteiger partial charge < -0.3 is 72.8 Å². The van der Waals surface area contributed by atoms with Crippen molar-refractivity contribution >= 4 is 58.2 Å². The van der Waals surface area contributed by atoms with E-state index < -0.39 is 113 Å². The molecule has 0 fully saturated rings. The third-order valence-corrected chi connectivity index (χ3v) is 12.9. The number of benzene rings is 2. The molecular weight excluding hydrogens is 979 g/mol. The number of fused-ring (bicyclic) bond motifs is 1. The van der Waals surface area contributed by atoms with Gasteiger partial charge in [-0.05, 0) is 100 Å². The lowest BCUT2D eigenvalue weighted by molar-refractivity contribution is -0.146. The van der Waals surface area contributed by atoms with Crippen LogP contribution in [0.3, 0.4) is 0 Å². The van der Waals surface area contributed by atoms with Crippen LogP contribution in [0.15, 0.2) is 48.7 Å². The molecule has 1 aromatic heterocycles. The molecule has 3 aromatic rings. The van der Waals surface area contributed by atoms with E-state index in [1.54, 1.807) is 65.3 Å². The number of aryl methyl sites for hydroxylation is 1. The number of carbonyl (C=O) groups is 8. The lowest BCUT2D eigenvalue weighted by Gasteiger charge is -2.33. The molecule has 22 nitrogen and oxygen atoms in total. The number of H-pyrrole nitrogens is 1. The molecule has 12 N–H and O–H groups in total. The second-order valence-electron chi connectivity index (χ2n) is 21.2. The monoisotopic (exact) mass is 1060 g/mol. The number of hydrogen-bond donors (Lipinski definition) is 11. The van der Waals surface area contributed by atoms with Gasteiger partial charge in [0.25, 0.3) is 0 Å². The van der Waals surface area contributed by atoms with Gasteiger partial charge >= 0.3 is 5.97 Å². The number of methoxy groups -OCH3 is 2. The Labute approximate surface area is 447 Å². The van der Waals surface area contributed by atoms with Crippen LogP contribution in [0.2, 0.25) is 0 Å². The standard InChI is InChI=1S/C54H85N11O11/c1-31-17-16-18-36-34(30-59-42(31)36)28-38(61-49(70)43(32(2)74-12)64-48(69)39(29-41(55)66)62-50(71)44(58-11)53(3,4)5)47(68)60-37(19-14-15-24-56-9)46(67)65-45(54(6,7)8)51(72)63-40(52(73)75-13)27-33-20-22-35(23-21-33)76-26-25-57-10/h16-18,20-23,30,32,37-40,43-45,56-59H,14-15,19,24-29H2,1-13H3,(H2,55,66)(H,60,68)(H,61,70)(H,62,71)(H,63,72)(H,64,69)(H,65,67)/t32-,37+,38+,39+,40+,43+,44-,45-/m1/s1. The summed E-state index contributed by atoms with van der Waals surface area (Å²) in [5.74, 6) is -5.46. The molecule has 0 aliphatic heterocycles. The van der Waals surface area contributed by atoms with E-state index in [1.807, 2.05) is 52.9 Å². The first-order valence-electron chi connectivity index (χ1n) is 25.7. The van der Waals surface area contributed by atoms with Gasteiger partial charge in [0.2, 0.25) is 41.4 Å². The van der Waals surface area contributed by atoms with E-state index in [9.17, 15) is 38.4 Å². The number of likely N-dealkylation sites (N-methyl/N-ethyl adjacent to an activating group) is 2. The average molecular weight is 1060 g/mol. The number of amides is 7. The molecule has 2 aromatic carbocycles. The number of aromatic nitrogens is 1. The van der Waals surface area contributed by atoms with Crippen LogP contribution in [0.25, 0.3) is 10.9 Å². The first kappa shape index (κ1) is 63.7. The van der Waals surface area contributed by atoms with E-state index in [4.69, 9.17) is 19.9 Å². The van der Waals surface area contributed by atoms with Crippen molar-refractivity contribution in [1.82, 2.24) is 52.8 Å². The summed E-state index contributed by atoms with van der Waals surface area (Å²) < 4.78 is 16.3. The molecule has 0 aliphatic rings. The Kier molecular flexibility index (Phi) is 25.3. The zero-order valence-corrected chi connectivity index (χ0v) is 46.7. The summed E-state index contributed by atoms with van der Waals surface area (Å²) in [5.41, 5.74) is 7.11. The smallest absolute Gasteiger partial charge is 0.328 e. The first-order chi connectivity index (χ1) is 35.8. The quantitative estimate of drug-likeness (QED) is 0.0316. The van der Waals surface area contributed by atoms with Crippen LogP contribution in [0.5, 0.6) is 5.75 Å². The summed E-state index contributed by atoms with van der Waals surface area (Å²) >= 11 is 0. The van der Waals surface area contributed by atoms with Gasteiger partial charge in [-0.25, -0.2) is 4.79 Å². The van der Waals surface area contributed by atoms with E-state index in [0.29, 0.717) is 49.4 Å². The SMILES string of the molecule is CNCCCC[C@H](NC(=O)[C@H](Cc1c[nH]c2c(C)cccc12)NC(=O)[C@@H](NC(=O)[C@H](CC(N)=O)NC(=O)[C@@H](NC)C(C)(C)C)[C@@H](C)OC)C(=O)N[C@H](C(=O)N[C@@H](Cc1ccc(OCCNC)cc1)C(=O)OC)C(C)(C)C. The number of carbonyl (C=O) groups excluding carboxylic acids is 8. The lowest BCUT2D eigenvalue weighted by atomic mass is 9.85. The number of primary amides is 1. The number of nitrogens with one attached hydrogen (secondary N) is 10. The highest BCUT2D eigenvalue weighted by molar-refractivity contribution is 5.99. The zero-order chi connectivity index (χ0) is 56.9. The number of unbranched alkanes of at least 4 members (excludes halogenated alkanes) is 1. The molecule has 0 radical (unpaired) electrons. The van der Waals surface area contributed by atoms with Crippen molar-refractivity contribution in [3.63, 3.8) is 0 Å². The van der Waals surface area contributed by atoms with Gasteiger partial charge in [-0.15, -0.1) is 0 Å². The minimum atomic E-state index is -1.49. The lowest BCUT2D eigenvalue weighted by Crippen LogP contribution is -2.63. The molecule has 0 unspecified atom stereocenters. The molecule has 8 atom stereocenters. The molecule has 3 rings (SSSR count). The molecule has 1 heterocycles. The fraction of sp³-hybridized carbons (Fsp3) is 0.593. The van der Waals surface area contributed by atoms with E-state index in [1.165, 1.54) is 21.1 Å². The van der Waals surface area contributed by atoms with Crippen molar-refractivity contribution in [2.24, 2.45) is 16.6 Å². The van der Waals surface area contributed by atoms with Crippen molar-refractivity contribution in [1.29, 1.82) is 0 Å². The van der Waals surface area contributed by atoms with Crippen LogP contribution in [0, 0.1) is 17.8 Å². The van der Waals surface area contributed by atoms with Crippen molar-refractivity contribution in [3.05, 3.63) is 65.4 Å². The van der Waals surface area contributed by atoms with E-state index >= 15 is 0 Å². The number of aromatic amines is 1. The Balaban J connectivity index is 2.01. The minimum absolute atomic E-state index is 0.0695. The Hall–Kier alpha value is -6.62. The maximum Gasteiger partial charge on any atom is 0.328 e. The second-order valence-corrected chi connectivity index (χ2v) is 21.2. The minimum Gasteiger partial charge on any atom is -0.492 e. The molecule has 7 amide bonds. The van der Waals surface area contributed by atoms with Crippen LogP contribution in [0.1, 0.15) is 90.8 Å². The highest BCUT2D eigenvalue weighted by Gasteiger charge is 2.40. The van der Waals surface area contributed by atoms with Crippen molar-refractivity contribution in [3.8, 4) is 5.75 Å². The van der Waals surface area contributed by atoms with Crippen LogP contribution in [0.4, 0.5) is 0 Å². The van der Waals surface area contributed by atoms with Gasteiger partial charge in [-0.3, -0.25) is 33.6 Å². The van der Waals surface area contributed by atoms with Gasteiger partial charge in [0.15, 0.2) is 0 Å². The van der Waals surface area contributed by atoms with Crippen molar-refractivity contribution in [2.45, 2.75) is 142 Å². The maximum atomic E-state index is 14.9. The highest BCUT2D eigenvalue weighted by atomic mass is 16.5. The molecule has 0 saturated carbocycles. The van der Waals surface area contributed by atoms with Crippen LogP contribution < -0.4 is 58.3 Å². The normalized spacial score (nSPS) is 14.9. The fourth-order valence-electron chi connectivity index (χ4n) is 8.56. The molecular formula is C54H85N11O11. The third-order valence-electron chi connectivity index (χ3n) is 12.9. The summed E-state index contributed by atoms with van der Waals surface area (Å²) in [5, 5.41) is 26.3. The summed E-state index contributed by atoms with van der Waals surface area (Å²) in [6.07, 6.45) is 1.29. The second kappa shape index (κ2) is 30.2. The Morgan fingerprint density at radius 3 is 1.80 bits per heavy atom. The van der Waals surface area contributed by atoms with Crippen LogP contribution in [-0.4, -0.2) is 156 Å². The fourth-order valence-corrected chi connectivity index (χ4v) is 8.56. The predicted molar refractivity (Wildman–Crippen MR) is 290 cm³/mol. The van der Waals surface area contributed by atoms with Gasteiger partial charge in [-0.2, -0.15) is 0 Å². The molecule has 76 heavy (non-hydrogen) atoms. The highest BCUT2D eigenvalue weighted by Crippen LogP contribution is 2.24. The molecule has 22 heteroatoms. The third kappa shape index (κ3) is 19.5. The molecule has 422 valence electrons. The maximum absolute atomic E-state index is 14.9. The summed E-state index contributed by atoms with van der Waals surface area (Å²) in [7, 11) is 7.72. The Morgan fingerprint density at radius 1 is 0.645 bits per heavy atom. The van der Waals surface area contributed by atoms with E-state index in [2.05, 4.69) is 52.8 Å². The molecule has 0 aliphatic carbocycles. The van der Waals surface area contributed by atoms with E-state index in [-0.39, 0.29) is 19.3 Å². The number of nitrogens with two attached hydrogens (primary N) is 1. The van der Waals surface area contributed by atoms with Gasteiger partial charge in [0, 0.05) is 43.6 Å². The zero-order valence-electron chi connectivity index (χ0n) is 46.7. The Morgan fingerprint density at radius 2 is 1.22 bits per heavy atom. The van der Waals surface area contributed by atoms with Gasteiger partial charge in [-0.1, -0.05) is 71.9 Å². The van der Waals surface area contributed by atoms with Gasteiger partial charge in [0.05, 0.1) is 25.7 Å². The first-order valence-corrected chi connectivity index (χ1v) is 25.7. The largest absolute Gasteiger partial charge is 0.492 e. The molecule has 0 bridgehead atoms. The predicted octanol–water partition coefficient (Wildman–Crippen LogP) is 0.922. The molecule has 0 spiro atoms. The van der Waals surface area contributed by atoms with Crippen LogP contribution in [-0.2, 0) is 60.7 Å².